The Bertz CT molecular complexity index is 914. The van der Waals surface area contributed by atoms with Crippen molar-refractivity contribution in [3.05, 3.63) is 23.8 Å². The number of likely N-dealkylation sites (N-methyl/N-ethyl adjacent to an activating group) is 1. The van der Waals surface area contributed by atoms with Crippen LogP contribution in [0, 0.1) is 11.6 Å². The van der Waals surface area contributed by atoms with E-state index >= 15 is 0 Å². The van der Waals surface area contributed by atoms with Gasteiger partial charge in [0, 0.05) is 32.3 Å². The summed E-state index contributed by atoms with van der Waals surface area (Å²) in [6.45, 7) is -1.96. The molecule has 0 aliphatic carbocycles. The molecule has 0 unspecified atom stereocenters. The van der Waals surface area contributed by atoms with E-state index in [1.165, 1.54) is 4.90 Å². The zero-order valence-electron chi connectivity index (χ0n) is 15.4. The molecule has 6 nitrogen and oxygen atoms in total. The maximum atomic E-state index is 14.2. The molecule has 1 aromatic carbocycles. The second-order valence-corrected chi connectivity index (χ2v) is 7.03. The molecule has 1 saturated heterocycles. The number of alkyl halides is 4. The van der Waals surface area contributed by atoms with Crippen LogP contribution < -0.4 is 10.6 Å². The minimum atomic E-state index is -4.60. The van der Waals surface area contributed by atoms with E-state index in [9.17, 15) is 31.1 Å². The van der Waals surface area contributed by atoms with E-state index in [4.69, 9.17) is 5.73 Å². The molecular formula is C17H19F6N5O. The average Bonchev–Trinajstić information content (AvgIpc) is 2.94. The Hall–Kier alpha value is -2.50. The van der Waals surface area contributed by atoms with E-state index in [-0.39, 0.29) is 36.5 Å². The third-order valence-corrected chi connectivity index (χ3v) is 4.74. The molecule has 0 bridgehead atoms. The molecule has 1 fully saturated rings. The predicted molar refractivity (Wildman–Crippen MR) is 93.0 cm³/mol. The summed E-state index contributed by atoms with van der Waals surface area (Å²) in [5, 5.41) is 0. The van der Waals surface area contributed by atoms with Gasteiger partial charge in [0.2, 0.25) is 11.9 Å². The number of imidazole rings is 1. The molecule has 1 amide bonds. The maximum Gasteiger partial charge on any atom is 0.406 e. The van der Waals surface area contributed by atoms with Crippen molar-refractivity contribution < 1.29 is 31.1 Å². The number of carbonyl (C=O) groups is 1. The highest BCUT2D eigenvalue weighted by molar-refractivity contribution is 5.83. The van der Waals surface area contributed by atoms with Crippen LogP contribution >= 0.6 is 0 Å². The minimum Gasteiger partial charge on any atom is -0.340 e. The highest BCUT2D eigenvalue weighted by Gasteiger charge is 2.33. The number of carbonyl (C=O) groups excluding carboxylic acids is 1. The van der Waals surface area contributed by atoms with E-state index in [2.05, 4.69) is 4.98 Å². The predicted octanol–water partition coefficient (Wildman–Crippen LogP) is 2.21. The van der Waals surface area contributed by atoms with Gasteiger partial charge in [-0.15, -0.1) is 0 Å². The number of amides is 1. The molecule has 2 atom stereocenters. The average molecular weight is 423 g/mol. The second-order valence-electron chi connectivity index (χ2n) is 7.03. The molecule has 3 rings (SSSR count). The molecule has 160 valence electrons. The van der Waals surface area contributed by atoms with Crippen LogP contribution in [0.1, 0.15) is 6.42 Å². The number of nitrogens with zero attached hydrogens (tertiary/aromatic N) is 4. The third-order valence-electron chi connectivity index (χ3n) is 4.74. The Morgan fingerprint density at radius 2 is 2.03 bits per heavy atom. The lowest BCUT2D eigenvalue weighted by Gasteiger charge is -2.34. The number of rotatable bonds is 4. The van der Waals surface area contributed by atoms with Gasteiger partial charge in [0.25, 0.3) is 0 Å². The Labute approximate surface area is 161 Å². The number of fused-ring (bicyclic) bond motifs is 1. The molecule has 12 heteroatoms. The van der Waals surface area contributed by atoms with Crippen LogP contribution in [0.2, 0.25) is 0 Å². The van der Waals surface area contributed by atoms with Gasteiger partial charge in [-0.3, -0.25) is 4.79 Å². The highest BCUT2D eigenvalue weighted by Crippen LogP contribution is 2.28. The highest BCUT2D eigenvalue weighted by atomic mass is 19.4. The van der Waals surface area contributed by atoms with Gasteiger partial charge in [0.15, 0.2) is 5.82 Å². The molecule has 2 aromatic rings. The number of benzene rings is 1. The van der Waals surface area contributed by atoms with Gasteiger partial charge in [-0.2, -0.15) is 13.2 Å². The van der Waals surface area contributed by atoms with Crippen LogP contribution in [-0.4, -0.2) is 65.4 Å². The van der Waals surface area contributed by atoms with Crippen LogP contribution in [0.5, 0.6) is 0 Å². The van der Waals surface area contributed by atoms with Crippen molar-refractivity contribution in [2.45, 2.75) is 31.4 Å². The number of aromatic nitrogens is 2. The SMILES string of the molecule is CN(CC(F)(F)F)C(=O)Cn1c(N2CC[C@@H](F)[C@H](N)C2)nc2c(F)cc(F)cc21. The summed E-state index contributed by atoms with van der Waals surface area (Å²) in [4.78, 5) is 18.4. The lowest BCUT2D eigenvalue weighted by atomic mass is 10.1. The summed E-state index contributed by atoms with van der Waals surface area (Å²) in [6, 6.07) is 0.691. The monoisotopic (exact) mass is 423 g/mol. The first-order valence-electron chi connectivity index (χ1n) is 8.77. The van der Waals surface area contributed by atoms with Crippen molar-refractivity contribution in [2.24, 2.45) is 5.73 Å². The van der Waals surface area contributed by atoms with Crippen LogP contribution in [0.3, 0.4) is 0 Å². The third kappa shape index (κ3) is 4.57. The van der Waals surface area contributed by atoms with E-state index in [1.54, 1.807) is 0 Å². The first kappa shape index (κ1) is 21.2. The van der Waals surface area contributed by atoms with Crippen LogP contribution in [0.25, 0.3) is 11.0 Å². The summed E-state index contributed by atoms with van der Waals surface area (Å²) in [5.41, 5.74) is 5.39. The Balaban J connectivity index is 2.00. The number of piperidine rings is 1. The van der Waals surface area contributed by atoms with Crippen molar-refractivity contribution >= 4 is 22.9 Å². The number of halogens is 6. The Morgan fingerprint density at radius 1 is 1.34 bits per heavy atom. The van der Waals surface area contributed by atoms with E-state index in [1.807, 2.05) is 0 Å². The van der Waals surface area contributed by atoms with Gasteiger partial charge >= 0.3 is 6.18 Å². The molecule has 1 aromatic heterocycles. The normalized spacial score (nSPS) is 20.3. The topological polar surface area (TPSA) is 67.4 Å². The zero-order chi connectivity index (χ0) is 21.5. The summed E-state index contributed by atoms with van der Waals surface area (Å²) in [5.74, 6) is -2.84. The lowest BCUT2D eigenvalue weighted by Crippen LogP contribution is -2.50. The molecular weight excluding hydrogens is 404 g/mol. The molecule has 1 aliphatic heterocycles. The van der Waals surface area contributed by atoms with Crippen molar-refractivity contribution in [3.63, 3.8) is 0 Å². The standard InChI is InChI=1S/C17H19F6N5O/c1-26(8-17(21,22)23)14(29)7-28-13-5-9(18)4-11(20)15(13)25-16(28)27-3-2-10(19)12(24)6-27/h4-5,10,12H,2-3,6-8,24H2,1H3/t10-,12-/m1/s1. The number of nitrogens with two attached hydrogens (primary N) is 1. The smallest absolute Gasteiger partial charge is 0.340 e. The fourth-order valence-electron chi connectivity index (χ4n) is 3.28. The lowest BCUT2D eigenvalue weighted by molar-refractivity contribution is -0.158. The summed E-state index contributed by atoms with van der Waals surface area (Å²) in [7, 11) is 0.973. The first-order chi connectivity index (χ1) is 13.5. The van der Waals surface area contributed by atoms with Crippen LogP contribution in [-0.2, 0) is 11.3 Å². The molecule has 0 spiro atoms. The van der Waals surface area contributed by atoms with Crippen LogP contribution in [0.15, 0.2) is 12.1 Å². The van der Waals surface area contributed by atoms with E-state index in [0.717, 1.165) is 17.7 Å². The molecule has 29 heavy (non-hydrogen) atoms. The Morgan fingerprint density at radius 3 is 2.66 bits per heavy atom. The molecule has 2 heterocycles. The number of anilines is 1. The van der Waals surface area contributed by atoms with E-state index in [0.29, 0.717) is 11.0 Å². The Kier molecular flexibility index (Phi) is 5.65. The number of hydrogen-bond donors (Lipinski definition) is 1. The molecule has 0 radical (unpaired) electrons. The maximum absolute atomic E-state index is 14.2. The summed E-state index contributed by atoms with van der Waals surface area (Å²) < 4.78 is 80.5. The zero-order valence-corrected chi connectivity index (χ0v) is 15.4. The summed E-state index contributed by atoms with van der Waals surface area (Å²) >= 11 is 0. The quantitative estimate of drug-likeness (QED) is 0.766. The van der Waals surface area contributed by atoms with Crippen molar-refractivity contribution in [1.82, 2.24) is 14.5 Å². The largest absolute Gasteiger partial charge is 0.406 e. The number of hydrogen-bond acceptors (Lipinski definition) is 4. The van der Waals surface area contributed by atoms with Crippen molar-refractivity contribution in [1.29, 1.82) is 0 Å². The van der Waals surface area contributed by atoms with Crippen molar-refractivity contribution in [2.75, 3.05) is 31.6 Å². The molecule has 0 saturated carbocycles. The molecule has 2 N–H and O–H groups in total. The van der Waals surface area contributed by atoms with E-state index < -0.39 is 49.0 Å². The van der Waals surface area contributed by atoms with Gasteiger partial charge < -0.3 is 20.1 Å². The minimum absolute atomic E-state index is 0.00116. The van der Waals surface area contributed by atoms with Gasteiger partial charge in [0.1, 0.15) is 30.6 Å². The summed E-state index contributed by atoms with van der Waals surface area (Å²) in [6.07, 6.45) is -5.79. The van der Waals surface area contributed by atoms with Crippen molar-refractivity contribution in [3.8, 4) is 0 Å². The van der Waals surface area contributed by atoms with Gasteiger partial charge in [-0.05, 0) is 6.42 Å². The van der Waals surface area contributed by atoms with Gasteiger partial charge in [0.05, 0.1) is 11.6 Å². The van der Waals surface area contributed by atoms with Gasteiger partial charge in [-0.25, -0.2) is 18.2 Å². The fourth-order valence-corrected chi connectivity index (χ4v) is 3.28. The first-order valence-corrected chi connectivity index (χ1v) is 8.77. The van der Waals surface area contributed by atoms with Crippen LogP contribution in [0.4, 0.5) is 32.3 Å². The fraction of sp³-hybridized carbons (Fsp3) is 0.529. The second kappa shape index (κ2) is 7.73. The van der Waals surface area contributed by atoms with Gasteiger partial charge in [-0.1, -0.05) is 0 Å². The molecule has 1 aliphatic rings.